The highest BCUT2D eigenvalue weighted by atomic mass is 15.2. The molecule has 0 radical (unpaired) electrons. The molecule has 4 heteroatoms. The van der Waals surface area contributed by atoms with E-state index in [1.165, 1.54) is 0 Å². The minimum Gasteiger partial charge on any atom is -0.370 e. The Hall–Kier alpha value is -1.29. The predicted octanol–water partition coefficient (Wildman–Crippen LogP) is 1.44. The van der Waals surface area contributed by atoms with Gasteiger partial charge in [0, 0.05) is 6.54 Å². The van der Waals surface area contributed by atoms with Crippen molar-refractivity contribution in [3.8, 4) is 0 Å². The summed E-state index contributed by atoms with van der Waals surface area (Å²) in [6.07, 6.45) is 1.70. The van der Waals surface area contributed by atoms with Crippen LogP contribution in [0.15, 0.2) is 18.3 Å². The molecule has 0 atom stereocenters. The fraction of sp³-hybridized carbons (Fsp3) is 0.444. The van der Waals surface area contributed by atoms with Crippen LogP contribution in [0.3, 0.4) is 0 Å². The van der Waals surface area contributed by atoms with E-state index in [9.17, 15) is 0 Å². The highest BCUT2D eigenvalue weighted by molar-refractivity contribution is 5.46. The first-order chi connectivity index (χ1) is 6.22. The monoisotopic (exact) mass is 180 g/mol. The lowest BCUT2D eigenvalue weighted by Crippen LogP contribution is -2.10. The van der Waals surface area contributed by atoms with Crippen LogP contribution in [0, 0.1) is 5.92 Å². The molecule has 0 fully saturated rings. The number of hydrogen-bond donors (Lipinski definition) is 3. The topological polar surface area (TPSA) is 63.0 Å². The van der Waals surface area contributed by atoms with Crippen LogP contribution in [0.4, 0.5) is 11.5 Å². The molecular weight excluding hydrogens is 164 g/mol. The Morgan fingerprint density at radius 2 is 2.23 bits per heavy atom. The van der Waals surface area contributed by atoms with E-state index in [4.69, 9.17) is 5.84 Å². The molecule has 0 aliphatic carbocycles. The van der Waals surface area contributed by atoms with Crippen molar-refractivity contribution in [2.24, 2.45) is 11.8 Å². The first-order valence-corrected chi connectivity index (χ1v) is 4.39. The van der Waals surface area contributed by atoms with E-state index >= 15 is 0 Å². The molecule has 0 spiro atoms. The molecule has 1 rings (SSSR count). The van der Waals surface area contributed by atoms with Gasteiger partial charge >= 0.3 is 0 Å². The molecule has 1 aromatic rings. The maximum absolute atomic E-state index is 5.21. The first-order valence-electron chi connectivity index (χ1n) is 4.39. The van der Waals surface area contributed by atoms with Gasteiger partial charge in [0.2, 0.25) is 0 Å². The molecule has 0 saturated heterocycles. The number of nitrogen functional groups attached to an aromatic ring is 1. The van der Waals surface area contributed by atoms with Gasteiger partial charge in [-0.1, -0.05) is 13.8 Å². The van der Waals surface area contributed by atoms with Gasteiger partial charge in [0.05, 0.1) is 11.9 Å². The quantitative estimate of drug-likeness (QED) is 0.484. The van der Waals surface area contributed by atoms with Crippen molar-refractivity contribution in [2.75, 3.05) is 17.3 Å². The molecule has 0 aliphatic rings. The second-order valence-electron chi connectivity index (χ2n) is 3.35. The van der Waals surface area contributed by atoms with E-state index < -0.39 is 0 Å². The van der Waals surface area contributed by atoms with Gasteiger partial charge in [0.25, 0.3) is 0 Å². The molecule has 0 aliphatic heterocycles. The molecule has 0 unspecified atom stereocenters. The largest absolute Gasteiger partial charge is 0.370 e. The summed E-state index contributed by atoms with van der Waals surface area (Å²) in [4.78, 5) is 4.17. The molecule has 0 aromatic carbocycles. The molecular formula is C9H16N4. The van der Waals surface area contributed by atoms with Crippen molar-refractivity contribution in [3.05, 3.63) is 18.3 Å². The van der Waals surface area contributed by atoms with Crippen molar-refractivity contribution >= 4 is 11.5 Å². The molecule has 0 bridgehead atoms. The second kappa shape index (κ2) is 4.67. The third kappa shape index (κ3) is 3.29. The SMILES string of the molecule is CC(C)CNc1ccc(NN)cn1. The minimum absolute atomic E-state index is 0.620. The maximum Gasteiger partial charge on any atom is 0.126 e. The smallest absolute Gasteiger partial charge is 0.126 e. The average molecular weight is 180 g/mol. The molecule has 13 heavy (non-hydrogen) atoms. The zero-order valence-electron chi connectivity index (χ0n) is 8.04. The Balaban J connectivity index is 2.49. The summed E-state index contributed by atoms with van der Waals surface area (Å²) >= 11 is 0. The normalized spacial score (nSPS) is 10.2. The maximum atomic E-state index is 5.21. The predicted molar refractivity (Wildman–Crippen MR) is 55.4 cm³/mol. The molecule has 1 heterocycles. The van der Waals surface area contributed by atoms with Gasteiger partial charge < -0.3 is 10.7 Å². The number of nitrogens with zero attached hydrogens (tertiary/aromatic N) is 1. The number of rotatable bonds is 4. The Labute approximate surface area is 78.5 Å². The van der Waals surface area contributed by atoms with Gasteiger partial charge in [-0.05, 0) is 18.1 Å². The minimum atomic E-state index is 0.620. The summed E-state index contributed by atoms with van der Waals surface area (Å²) in [6.45, 7) is 5.24. The summed E-state index contributed by atoms with van der Waals surface area (Å²) in [5.74, 6) is 6.71. The first kappa shape index (κ1) is 9.80. The molecule has 4 nitrogen and oxygen atoms in total. The van der Waals surface area contributed by atoms with Crippen molar-refractivity contribution in [1.82, 2.24) is 4.98 Å². The number of pyridine rings is 1. The molecule has 1 aromatic heterocycles. The van der Waals surface area contributed by atoms with E-state index in [1.54, 1.807) is 6.20 Å². The number of hydrogen-bond acceptors (Lipinski definition) is 4. The summed E-state index contributed by atoms with van der Waals surface area (Å²) < 4.78 is 0. The van der Waals surface area contributed by atoms with Gasteiger partial charge in [-0.2, -0.15) is 0 Å². The summed E-state index contributed by atoms with van der Waals surface area (Å²) in [5, 5.41) is 3.22. The third-order valence-corrected chi connectivity index (χ3v) is 1.62. The van der Waals surface area contributed by atoms with E-state index in [-0.39, 0.29) is 0 Å². The van der Waals surface area contributed by atoms with Gasteiger partial charge in [0.15, 0.2) is 0 Å². The zero-order valence-corrected chi connectivity index (χ0v) is 8.04. The van der Waals surface area contributed by atoms with Crippen LogP contribution in [0.1, 0.15) is 13.8 Å². The number of nitrogens with two attached hydrogens (primary N) is 1. The number of hydrazine groups is 1. The molecule has 4 N–H and O–H groups in total. The fourth-order valence-corrected chi connectivity index (χ4v) is 0.893. The summed E-state index contributed by atoms with van der Waals surface area (Å²) in [7, 11) is 0. The standard InChI is InChI=1S/C9H16N4/c1-7(2)5-11-9-4-3-8(13-10)6-12-9/h3-4,6-7,13H,5,10H2,1-2H3,(H,11,12). The zero-order chi connectivity index (χ0) is 9.68. The van der Waals surface area contributed by atoms with Crippen molar-refractivity contribution in [3.63, 3.8) is 0 Å². The highest BCUT2D eigenvalue weighted by Crippen LogP contribution is 2.08. The second-order valence-corrected chi connectivity index (χ2v) is 3.35. The van der Waals surface area contributed by atoms with Crippen LogP contribution in [0.5, 0.6) is 0 Å². The van der Waals surface area contributed by atoms with Gasteiger partial charge in [-0.15, -0.1) is 0 Å². The molecule has 72 valence electrons. The number of nitrogens with one attached hydrogen (secondary N) is 2. The van der Waals surface area contributed by atoms with E-state index in [0.29, 0.717) is 5.92 Å². The molecule has 0 saturated carbocycles. The van der Waals surface area contributed by atoms with Crippen LogP contribution in [0.2, 0.25) is 0 Å². The van der Waals surface area contributed by atoms with Crippen molar-refractivity contribution in [2.45, 2.75) is 13.8 Å². The van der Waals surface area contributed by atoms with Crippen LogP contribution in [0.25, 0.3) is 0 Å². The average Bonchev–Trinajstić information content (AvgIpc) is 2.15. The molecule has 0 amide bonds. The fourth-order valence-electron chi connectivity index (χ4n) is 0.893. The van der Waals surface area contributed by atoms with E-state index in [0.717, 1.165) is 18.1 Å². The Morgan fingerprint density at radius 1 is 1.46 bits per heavy atom. The number of aromatic nitrogens is 1. The van der Waals surface area contributed by atoms with Crippen molar-refractivity contribution < 1.29 is 0 Å². The Morgan fingerprint density at radius 3 is 2.69 bits per heavy atom. The summed E-state index contributed by atoms with van der Waals surface area (Å²) in [5.41, 5.74) is 3.34. The van der Waals surface area contributed by atoms with Gasteiger partial charge in [0.1, 0.15) is 5.82 Å². The lowest BCUT2D eigenvalue weighted by molar-refractivity contribution is 0.687. The van der Waals surface area contributed by atoms with Crippen LogP contribution < -0.4 is 16.6 Å². The van der Waals surface area contributed by atoms with E-state index in [2.05, 4.69) is 29.6 Å². The van der Waals surface area contributed by atoms with Crippen LogP contribution in [-0.2, 0) is 0 Å². The number of anilines is 2. The van der Waals surface area contributed by atoms with Crippen LogP contribution >= 0.6 is 0 Å². The van der Waals surface area contributed by atoms with Gasteiger partial charge in [-0.3, -0.25) is 5.84 Å². The Kier molecular flexibility index (Phi) is 3.52. The van der Waals surface area contributed by atoms with Crippen molar-refractivity contribution in [1.29, 1.82) is 0 Å². The van der Waals surface area contributed by atoms with E-state index in [1.807, 2.05) is 12.1 Å². The third-order valence-electron chi connectivity index (χ3n) is 1.62. The van der Waals surface area contributed by atoms with Crippen LogP contribution in [-0.4, -0.2) is 11.5 Å². The summed E-state index contributed by atoms with van der Waals surface area (Å²) in [6, 6.07) is 3.78. The Bertz CT molecular complexity index is 242. The highest BCUT2D eigenvalue weighted by Gasteiger charge is 1.95. The van der Waals surface area contributed by atoms with Gasteiger partial charge in [-0.25, -0.2) is 4.98 Å². The lowest BCUT2D eigenvalue weighted by atomic mass is 10.2. The lowest BCUT2D eigenvalue weighted by Gasteiger charge is -2.08.